The quantitative estimate of drug-likeness (QED) is 0.144. The number of halogens is 1. The van der Waals surface area contributed by atoms with E-state index in [-0.39, 0.29) is 29.4 Å². The first-order chi connectivity index (χ1) is 21.8. The zero-order valence-electron chi connectivity index (χ0n) is 24.9. The monoisotopic (exact) mass is 618 g/mol. The molecule has 0 spiro atoms. The summed E-state index contributed by atoms with van der Waals surface area (Å²) in [5.74, 6) is -0.0327. The number of likely N-dealkylation sites (N-methyl/N-ethyl adjacent to an activating group) is 1. The summed E-state index contributed by atoms with van der Waals surface area (Å²) in [5, 5.41) is 32.9. The summed E-state index contributed by atoms with van der Waals surface area (Å²) >= 11 is 6.03. The predicted octanol–water partition coefficient (Wildman–Crippen LogP) is 8.62. The summed E-state index contributed by atoms with van der Waals surface area (Å²) in [7, 11) is 1.98. The number of hydrogen-bond donors (Lipinski definition) is 3. The Labute approximate surface area is 268 Å². The molecule has 6 rings (SSSR count). The number of rotatable bonds is 9. The van der Waals surface area contributed by atoms with Gasteiger partial charge in [-0.25, -0.2) is 4.39 Å². The second-order valence-corrected chi connectivity index (χ2v) is 11.9. The van der Waals surface area contributed by atoms with Crippen molar-refractivity contribution >= 4 is 23.0 Å². The third kappa shape index (κ3) is 6.41. The number of anilines is 1. The summed E-state index contributed by atoms with van der Waals surface area (Å²) < 4.78 is 13.4. The standard InChI is InChI=1S/C38H35FN2O3S/c1-40-34(11-6-12-35(43)27-13-18-30(39)19-14-27)37(33-22-17-29(24-36(33)44)28-9-5-10-32(42)23-28)41(38(40)45)31-20-15-26(16-21-31)25-7-3-2-4-8-25/h2-5,7-10,13-24,34-35,37,42-44H,6,11-12H2,1H3. The van der Waals surface area contributed by atoms with Crippen LogP contribution in [0.3, 0.4) is 0 Å². The smallest absolute Gasteiger partial charge is 0.176 e. The van der Waals surface area contributed by atoms with Crippen LogP contribution in [0.1, 0.15) is 42.5 Å². The molecule has 7 heteroatoms. The van der Waals surface area contributed by atoms with Crippen LogP contribution in [0.5, 0.6) is 11.5 Å². The van der Waals surface area contributed by atoms with Crippen LogP contribution in [0.15, 0.2) is 121 Å². The Hall–Kier alpha value is -4.72. The topological polar surface area (TPSA) is 67.2 Å². The van der Waals surface area contributed by atoms with Gasteiger partial charge in [0.1, 0.15) is 17.3 Å². The lowest BCUT2D eigenvalue weighted by Gasteiger charge is -2.29. The molecule has 228 valence electrons. The number of aliphatic hydroxyl groups is 1. The first-order valence-electron chi connectivity index (χ1n) is 15.1. The number of nitrogens with zero attached hydrogens (tertiary/aromatic N) is 2. The Morgan fingerprint density at radius 2 is 1.40 bits per heavy atom. The maximum absolute atomic E-state index is 13.4. The van der Waals surface area contributed by atoms with Gasteiger partial charge in [0.05, 0.1) is 18.2 Å². The fourth-order valence-corrected chi connectivity index (χ4v) is 6.61. The second kappa shape index (κ2) is 13.1. The molecule has 1 aliphatic heterocycles. The second-order valence-electron chi connectivity index (χ2n) is 11.5. The van der Waals surface area contributed by atoms with Crippen LogP contribution in [-0.2, 0) is 0 Å². The SMILES string of the molecule is CN1C(=S)N(c2ccc(-c3ccccc3)cc2)C(c2ccc(-c3cccc(O)c3)cc2O)C1CCCC(O)c1ccc(F)cc1. The molecule has 1 fully saturated rings. The molecule has 1 aliphatic rings. The van der Waals surface area contributed by atoms with E-state index in [9.17, 15) is 19.7 Å². The average Bonchev–Trinajstić information content (AvgIpc) is 3.30. The van der Waals surface area contributed by atoms with Crippen molar-refractivity contribution in [3.05, 3.63) is 138 Å². The molecule has 0 aliphatic carbocycles. The van der Waals surface area contributed by atoms with E-state index in [2.05, 4.69) is 46.2 Å². The summed E-state index contributed by atoms with van der Waals surface area (Å²) in [6.07, 6.45) is 1.19. The summed E-state index contributed by atoms with van der Waals surface area (Å²) in [6.45, 7) is 0. The highest BCUT2D eigenvalue weighted by Crippen LogP contribution is 2.45. The summed E-state index contributed by atoms with van der Waals surface area (Å²) in [6, 6.07) is 36.6. The van der Waals surface area contributed by atoms with Gasteiger partial charge in [-0.05, 0) is 102 Å². The Balaban J connectivity index is 1.32. The predicted molar refractivity (Wildman–Crippen MR) is 182 cm³/mol. The maximum Gasteiger partial charge on any atom is 0.176 e. The van der Waals surface area contributed by atoms with Gasteiger partial charge in [-0.15, -0.1) is 0 Å². The van der Waals surface area contributed by atoms with E-state index in [4.69, 9.17) is 12.2 Å². The molecule has 1 saturated heterocycles. The largest absolute Gasteiger partial charge is 0.508 e. The van der Waals surface area contributed by atoms with Crippen LogP contribution in [0.4, 0.5) is 10.1 Å². The van der Waals surface area contributed by atoms with Gasteiger partial charge in [0.15, 0.2) is 5.11 Å². The van der Waals surface area contributed by atoms with Crippen LogP contribution in [0, 0.1) is 5.82 Å². The van der Waals surface area contributed by atoms with Crippen molar-refractivity contribution in [1.82, 2.24) is 4.90 Å². The summed E-state index contributed by atoms with van der Waals surface area (Å²) in [4.78, 5) is 4.19. The van der Waals surface area contributed by atoms with Crippen LogP contribution in [0.2, 0.25) is 0 Å². The average molecular weight is 619 g/mol. The third-order valence-corrected chi connectivity index (χ3v) is 9.15. The molecule has 3 N–H and O–H groups in total. The van der Waals surface area contributed by atoms with Gasteiger partial charge >= 0.3 is 0 Å². The van der Waals surface area contributed by atoms with E-state index in [0.29, 0.717) is 29.9 Å². The first kappa shape index (κ1) is 30.3. The molecule has 0 radical (unpaired) electrons. The number of benzene rings is 5. The van der Waals surface area contributed by atoms with Gasteiger partial charge in [-0.1, -0.05) is 78.9 Å². The summed E-state index contributed by atoms with van der Waals surface area (Å²) in [5.41, 5.74) is 6.15. The number of aromatic hydroxyl groups is 2. The van der Waals surface area contributed by atoms with Crippen LogP contribution >= 0.6 is 12.2 Å². The van der Waals surface area contributed by atoms with E-state index >= 15 is 0 Å². The molecule has 0 bridgehead atoms. The van der Waals surface area contributed by atoms with Gasteiger partial charge in [-0.3, -0.25) is 0 Å². The van der Waals surface area contributed by atoms with Gasteiger partial charge < -0.3 is 25.1 Å². The third-order valence-electron chi connectivity index (χ3n) is 8.66. The van der Waals surface area contributed by atoms with Crippen molar-refractivity contribution in [3.8, 4) is 33.8 Å². The molecule has 5 aromatic rings. The van der Waals surface area contributed by atoms with E-state index in [1.807, 2.05) is 43.4 Å². The van der Waals surface area contributed by atoms with E-state index in [0.717, 1.165) is 33.5 Å². The Morgan fingerprint density at radius 3 is 2.09 bits per heavy atom. The lowest BCUT2D eigenvalue weighted by Crippen LogP contribution is -2.30. The lowest BCUT2D eigenvalue weighted by molar-refractivity contribution is 0.159. The van der Waals surface area contributed by atoms with E-state index < -0.39 is 6.10 Å². The number of phenols is 2. The number of aliphatic hydroxyl groups excluding tert-OH is 1. The maximum atomic E-state index is 13.4. The minimum absolute atomic E-state index is 0.0933. The van der Waals surface area contributed by atoms with E-state index in [1.165, 1.54) is 12.1 Å². The van der Waals surface area contributed by atoms with Crippen molar-refractivity contribution in [2.45, 2.75) is 37.5 Å². The highest BCUT2D eigenvalue weighted by molar-refractivity contribution is 7.80. The highest BCUT2D eigenvalue weighted by Gasteiger charge is 2.43. The van der Waals surface area contributed by atoms with Crippen LogP contribution in [0.25, 0.3) is 22.3 Å². The van der Waals surface area contributed by atoms with Gasteiger partial charge in [0, 0.05) is 18.3 Å². The molecular weight excluding hydrogens is 583 g/mol. The molecule has 0 saturated carbocycles. The van der Waals surface area contributed by atoms with Crippen molar-refractivity contribution in [2.75, 3.05) is 11.9 Å². The lowest BCUT2D eigenvalue weighted by atomic mass is 9.91. The minimum Gasteiger partial charge on any atom is -0.508 e. The van der Waals surface area contributed by atoms with E-state index in [1.54, 1.807) is 36.4 Å². The van der Waals surface area contributed by atoms with Crippen molar-refractivity contribution in [1.29, 1.82) is 0 Å². The Kier molecular flexibility index (Phi) is 8.83. The number of hydrogen-bond acceptors (Lipinski definition) is 4. The van der Waals surface area contributed by atoms with Crippen molar-refractivity contribution in [3.63, 3.8) is 0 Å². The number of thiocarbonyl (C=S) groups is 1. The van der Waals surface area contributed by atoms with Crippen molar-refractivity contribution < 1.29 is 19.7 Å². The first-order valence-corrected chi connectivity index (χ1v) is 15.5. The molecule has 3 unspecified atom stereocenters. The zero-order valence-corrected chi connectivity index (χ0v) is 25.7. The van der Waals surface area contributed by atoms with Crippen molar-refractivity contribution in [2.24, 2.45) is 0 Å². The highest BCUT2D eigenvalue weighted by atomic mass is 32.1. The molecule has 3 atom stereocenters. The Morgan fingerprint density at radius 1 is 0.756 bits per heavy atom. The molecule has 1 heterocycles. The molecule has 0 aromatic heterocycles. The zero-order chi connectivity index (χ0) is 31.5. The molecular formula is C38H35FN2O3S. The minimum atomic E-state index is -0.709. The number of phenolic OH excluding ortho intramolecular Hbond substituents is 2. The fraction of sp³-hybridized carbons (Fsp3) is 0.184. The molecule has 5 nitrogen and oxygen atoms in total. The normalized spacial score (nSPS) is 17.1. The van der Waals surface area contributed by atoms with Gasteiger partial charge in [0.25, 0.3) is 0 Å². The Bertz CT molecular complexity index is 1780. The molecule has 5 aromatic carbocycles. The fourth-order valence-electron chi connectivity index (χ4n) is 6.26. The van der Waals surface area contributed by atoms with Crippen LogP contribution < -0.4 is 4.90 Å². The van der Waals surface area contributed by atoms with Gasteiger partial charge in [0.2, 0.25) is 0 Å². The molecule has 0 amide bonds. The van der Waals surface area contributed by atoms with Crippen LogP contribution in [-0.4, -0.2) is 38.4 Å². The van der Waals surface area contributed by atoms with Gasteiger partial charge in [-0.2, -0.15) is 0 Å². The molecule has 45 heavy (non-hydrogen) atoms.